The molecular formula is C17H17N3O3. The van der Waals surface area contributed by atoms with Crippen LogP contribution >= 0.6 is 0 Å². The maximum Gasteiger partial charge on any atom is 0.344 e. The lowest BCUT2D eigenvalue weighted by atomic mass is 10.2. The van der Waals surface area contributed by atoms with Crippen molar-refractivity contribution in [3.63, 3.8) is 0 Å². The van der Waals surface area contributed by atoms with Gasteiger partial charge in [0.25, 0.3) is 0 Å². The van der Waals surface area contributed by atoms with Gasteiger partial charge in [0.2, 0.25) is 0 Å². The molecule has 3 rings (SSSR count). The first-order valence-electron chi connectivity index (χ1n) is 7.28. The normalized spacial score (nSPS) is 12.3. The van der Waals surface area contributed by atoms with Crippen LogP contribution in [0.25, 0.3) is 16.7 Å². The fourth-order valence-electron chi connectivity index (χ4n) is 2.42. The number of benzene rings is 1. The van der Waals surface area contributed by atoms with Gasteiger partial charge in [0.1, 0.15) is 11.3 Å². The van der Waals surface area contributed by atoms with Gasteiger partial charge in [0.15, 0.2) is 11.9 Å². The first-order valence-corrected chi connectivity index (χ1v) is 7.28. The zero-order chi connectivity index (χ0) is 16.6. The number of hydrogen-bond acceptors (Lipinski definition) is 4. The van der Waals surface area contributed by atoms with Gasteiger partial charge < -0.3 is 9.84 Å². The highest BCUT2D eigenvalue weighted by Gasteiger charge is 2.15. The second-order valence-electron chi connectivity index (χ2n) is 5.43. The molecule has 0 saturated heterocycles. The number of aliphatic carboxylic acids is 1. The number of hydrogen-bond donors (Lipinski definition) is 1. The highest BCUT2D eigenvalue weighted by molar-refractivity contribution is 5.85. The van der Waals surface area contributed by atoms with E-state index in [1.807, 2.05) is 44.2 Å². The van der Waals surface area contributed by atoms with Crippen molar-refractivity contribution in [2.45, 2.75) is 26.9 Å². The predicted octanol–water partition coefficient (Wildman–Crippen LogP) is 2.89. The lowest BCUT2D eigenvalue weighted by molar-refractivity contribution is -0.144. The summed E-state index contributed by atoms with van der Waals surface area (Å²) in [4.78, 5) is 15.6. The molecule has 0 aliphatic carbocycles. The largest absolute Gasteiger partial charge is 0.479 e. The Hall–Kier alpha value is -2.89. The molecule has 1 unspecified atom stereocenters. The summed E-state index contributed by atoms with van der Waals surface area (Å²) in [6, 6.07) is 11.2. The van der Waals surface area contributed by atoms with Gasteiger partial charge in [-0.3, -0.25) is 0 Å². The van der Waals surface area contributed by atoms with Gasteiger partial charge in [-0.1, -0.05) is 12.1 Å². The number of carbonyl (C=O) groups is 1. The monoisotopic (exact) mass is 311 g/mol. The van der Waals surface area contributed by atoms with Crippen molar-refractivity contribution in [2.75, 3.05) is 0 Å². The van der Waals surface area contributed by atoms with Gasteiger partial charge in [-0.15, -0.1) is 0 Å². The van der Waals surface area contributed by atoms with Crippen molar-refractivity contribution < 1.29 is 14.6 Å². The Balaban J connectivity index is 2.10. The zero-order valence-corrected chi connectivity index (χ0v) is 13.1. The van der Waals surface area contributed by atoms with Crippen LogP contribution in [-0.4, -0.2) is 31.9 Å². The molecule has 1 N–H and O–H groups in total. The van der Waals surface area contributed by atoms with E-state index in [2.05, 4.69) is 10.1 Å². The van der Waals surface area contributed by atoms with Gasteiger partial charge in [-0.05, 0) is 45.0 Å². The maximum atomic E-state index is 11.0. The van der Waals surface area contributed by atoms with Crippen LogP contribution in [-0.2, 0) is 4.79 Å². The van der Waals surface area contributed by atoms with Gasteiger partial charge in [-0.2, -0.15) is 5.10 Å². The first kappa shape index (κ1) is 15.0. The standard InChI is InChI=1S/C17H17N3O3/c1-10-9-11(2)20(19-10)15-8-7-13-5-4-6-14(16(13)18-15)23-12(3)17(21)22/h4-9,12H,1-3H3,(H,21,22). The number of ether oxygens (including phenoxy) is 1. The van der Waals surface area contributed by atoms with Crippen molar-refractivity contribution >= 4 is 16.9 Å². The van der Waals surface area contributed by atoms with Crippen molar-refractivity contribution in [1.82, 2.24) is 14.8 Å². The smallest absolute Gasteiger partial charge is 0.344 e. The van der Waals surface area contributed by atoms with E-state index in [0.717, 1.165) is 16.8 Å². The summed E-state index contributed by atoms with van der Waals surface area (Å²) in [6.45, 7) is 5.38. The molecule has 0 spiro atoms. The Kier molecular flexibility index (Phi) is 3.73. The molecule has 6 heteroatoms. The number of carboxylic acids is 1. The van der Waals surface area contributed by atoms with Gasteiger partial charge >= 0.3 is 5.97 Å². The van der Waals surface area contributed by atoms with Crippen LogP contribution in [0.3, 0.4) is 0 Å². The van der Waals surface area contributed by atoms with E-state index in [-0.39, 0.29) is 0 Å². The number of aryl methyl sites for hydroxylation is 2. The third kappa shape index (κ3) is 2.88. The molecule has 0 radical (unpaired) electrons. The lowest BCUT2D eigenvalue weighted by Gasteiger charge is -2.13. The average molecular weight is 311 g/mol. The number of carboxylic acid groups (broad SMARTS) is 1. The molecule has 0 fully saturated rings. The molecule has 118 valence electrons. The number of pyridine rings is 1. The summed E-state index contributed by atoms with van der Waals surface area (Å²) in [5.74, 6) is 0.0969. The van der Waals surface area contributed by atoms with Crippen LogP contribution in [0.4, 0.5) is 0 Å². The van der Waals surface area contributed by atoms with E-state index < -0.39 is 12.1 Å². The van der Waals surface area contributed by atoms with Crippen molar-refractivity contribution in [3.8, 4) is 11.6 Å². The molecule has 23 heavy (non-hydrogen) atoms. The highest BCUT2D eigenvalue weighted by Crippen LogP contribution is 2.26. The van der Waals surface area contributed by atoms with E-state index >= 15 is 0 Å². The Morgan fingerprint density at radius 1 is 1.26 bits per heavy atom. The minimum atomic E-state index is -1.02. The molecule has 2 heterocycles. The summed E-state index contributed by atoms with van der Waals surface area (Å²) in [7, 11) is 0. The van der Waals surface area contributed by atoms with Gasteiger partial charge in [0, 0.05) is 11.1 Å². The van der Waals surface area contributed by atoms with Crippen LogP contribution < -0.4 is 4.74 Å². The molecule has 3 aromatic rings. The third-order valence-corrected chi connectivity index (χ3v) is 3.55. The number of aromatic nitrogens is 3. The minimum Gasteiger partial charge on any atom is -0.479 e. The van der Waals surface area contributed by atoms with Crippen LogP contribution in [0.15, 0.2) is 36.4 Å². The van der Waals surface area contributed by atoms with Crippen LogP contribution in [0.1, 0.15) is 18.3 Å². The summed E-state index contributed by atoms with van der Waals surface area (Å²) in [5, 5.41) is 14.3. The second kappa shape index (κ2) is 5.72. The Morgan fingerprint density at radius 3 is 2.70 bits per heavy atom. The van der Waals surface area contributed by atoms with E-state index in [0.29, 0.717) is 17.1 Å². The van der Waals surface area contributed by atoms with Crippen molar-refractivity contribution in [3.05, 3.63) is 47.8 Å². The van der Waals surface area contributed by atoms with E-state index in [9.17, 15) is 4.79 Å². The summed E-state index contributed by atoms with van der Waals surface area (Å²) >= 11 is 0. The molecule has 0 aliphatic heterocycles. The summed E-state index contributed by atoms with van der Waals surface area (Å²) in [6.07, 6.45) is -0.945. The molecule has 0 bridgehead atoms. The summed E-state index contributed by atoms with van der Waals surface area (Å²) in [5.41, 5.74) is 2.51. The maximum absolute atomic E-state index is 11.0. The van der Waals surface area contributed by atoms with Crippen LogP contribution in [0.2, 0.25) is 0 Å². The fraction of sp³-hybridized carbons (Fsp3) is 0.235. The number of nitrogens with zero attached hydrogens (tertiary/aromatic N) is 3. The first-order chi connectivity index (χ1) is 11.0. The van der Waals surface area contributed by atoms with E-state index in [1.54, 1.807) is 10.7 Å². The van der Waals surface area contributed by atoms with Crippen LogP contribution in [0, 0.1) is 13.8 Å². The van der Waals surface area contributed by atoms with Gasteiger partial charge in [-0.25, -0.2) is 14.5 Å². The van der Waals surface area contributed by atoms with Gasteiger partial charge in [0.05, 0.1) is 5.69 Å². The predicted molar refractivity (Wildman–Crippen MR) is 86.1 cm³/mol. The number of para-hydroxylation sites is 1. The number of rotatable bonds is 4. The lowest BCUT2D eigenvalue weighted by Crippen LogP contribution is -2.23. The molecular weight excluding hydrogens is 294 g/mol. The average Bonchev–Trinajstić information content (AvgIpc) is 2.85. The molecule has 1 aromatic carbocycles. The zero-order valence-electron chi connectivity index (χ0n) is 13.1. The molecule has 0 saturated carbocycles. The highest BCUT2D eigenvalue weighted by atomic mass is 16.5. The molecule has 6 nitrogen and oxygen atoms in total. The summed E-state index contributed by atoms with van der Waals surface area (Å²) < 4.78 is 7.28. The van der Waals surface area contributed by atoms with E-state index in [1.165, 1.54) is 6.92 Å². The Morgan fingerprint density at radius 2 is 2.04 bits per heavy atom. The van der Waals surface area contributed by atoms with Crippen molar-refractivity contribution in [1.29, 1.82) is 0 Å². The molecule has 0 aliphatic rings. The Bertz CT molecular complexity index is 886. The SMILES string of the molecule is Cc1cc(C)n(-c2ccc3cccc(OC(C)C(=O)O)c3n2)n1. The third-order valence-electron chi connectivity index (χ3n) is 3.55. The molecule has 1 atom stereocenters. The molecule has 0 amide bonds. The second-order valence-corrected chi connectivity index (χ2v) is 5.43. The quantitative estimate of drug-likeness (QED) is 0.801. The van der Waals surface area contributed by atoms with E-state index in [4.69, 9.17) is 9.84 Å². The fourth-order valence-corrected chi connectivity index (χ4v) is 2.42. The minimum absolute atomic E-state index is 0.445. The number of fused-ring (bicyclic) bond motifs is 1. The molecule has 2 aromatic heterocycles. The topological polar surface area (TPSA) is 77.2 Å². The Labute approximate surface area is 133 Å². The van der Waals surface area contributed by atoms with Crippen molar-refractivity contribution in [2.24, 2.45) is 0 Å². The van der Waals surface area contributed by atoms with Crippen LogP contribution in [0.5, 0.6) is 5.75 Å².